The molecular weight excluding hydrogens is 339 g/mol. The Bertz CT molecular complexity index is 686. The molecule has 0 N–H and O–H groups in total. The molecule has 0 aliphatic carbocycles. The van der Waals surface area contributed by atoms with Gasteiger partial charge in [0, 0.05) is 12.6 Å². The number of hydrogen-bond acceptors (Lipinski definition) is 3. The molecule has 1 aromatic heterocycles. The number of aryl methyl sites for hydroxylation is 1. The van der Waals surface area contributed by atoms with Crippen molar-refractivity contribution in [3.8, 4) is 0 Å². The molecule has 21 heavy (non-hydrogen) atoms. The number of nitrogens with zero attached hydrogens (tertiary/aromatic N) is 2. The van der Waals surface area contributed by atoms with Crippen LogP contribution >= 0.6 is 15.9 Å². The zero-order valence-corrected chi connectivity index (χ0v) is 13.1. The number of hydrogen-bond donors (Lipinski definition) is 0. The van der Waals surface area contributed by atoms with E-state index in [0.717, 1.165) is 18.5 Å². The molecule has 2 heterocycles. The van der Waals surface area contributed by atoms with Crippen molar-refractivity contribution in [1.82, 2.24) is 10.1 Å². The maximum Gasteiger partial charge on any atom is 0.257 e. The molecule has 1 aromatic carbocycles. The van der Waals surface area contributed by atoms with Crippen LogP contribution in [0, 0.1) is 12.7 Å². The topological polar surface area (TPSA) is 46.3 Å². The van der Waals surface area contributed by atoms with E-state index in [9.17, 15) is 9.18 Å². The fraction of sp³-hybridized carbons (Fsp3) is 0.333. The van der Waals surface area contributed by atoms with Crippen LogP contribution in [0.4, 0.5) is 4.39 Å². The number of aromatic nitrogens is 1. The van der Waals surface area contributed by atoms with Crippen LogP contribution < -0.4 is 0 Å². The third-order valence-corrected chi connectivity index (χ3v) is 4.28. The van der Waals surface area contributed by atoms with Gasteiger partial charge >= 0.3 is 0 Å². The molecule has 1 aliphatic heterocycles. The van der Waals surface area contributed by atoms with Gasteiger partial charge in [-0.05, 0) is 47.8 Å². The highest BCUT2D eigenvalue weighted by Crippen LogP contribution is 2.34. The molecule has 4 nitrogen and oxygen atoms in total. The Morgan fingerprint density at radius 1 is 1.52 bits per heavy atom. The SMILES string of the molecule is Cc1cc(C2CCCN2C(=O)c2cccc(Br)c2F)on1. The van der Waals surface area contributed by atoms with Crippen LogP contribution in [0.5, 0.6) is 0 Å². The number of halogens is 2. The number of amides is 1. The third-order valence-electron chi connectivity index (χ3n) is 3.67. The summed E-state index contributed by atoms with van der Waals surface area (Å²) in [4.78, 5) is 14.3. The molecule has 0 bridgehead atoms. The second-order valence-corrected chi connectivity index (χ2v) is 5.98. The largest absolute Gasteiger partial charge is 0.359 e. The highest BCUT2D eigenvalue weighted by molar-refractivity contribution is 9.10. The maximum atomic E-state index is 14.1. The van der Waals surface area contributed by atoms with Crippen LogP contribution in [0.2, 0.25) is 0 Å². The number of carbonyl (C=O) groups is 1. The van der Waals surface area contributed by atoms with E-state index >= 15 is 0 Å². The number of likely N-dealkylation sites (tertiary alicyclic amines) is 1. The van der Waals surface area contributed by atoms with Gasteiger partial charge in [-0.1, -0.05) is 11.2 Å². The number of rotatable bonds is 2. The lowest BCUT2D eigenvalue weighted by Crippen LogP contribution is -2.31. The molecule has 1 atom stereocenters. The van der Waals surface area contributed by atoms with Gasteiger partial charge in [0.05, 0.1) is 21.8 Å². The zero-order valence-electron chi connectivity index (χ0n) is 11.5. The molecule has 1 aliphatic rings. The monoisotopic (exact) mass is 352 g/mol. The predicted octanol–water partition coefficient (Wildman–Crippen LogP) is 3.86. The van der Waals surface area contributed by atoms with Gasteiger partial charge in [-0.15, -0.1) is 0 Å². The Morgan fingerprint density at radius 3 is 3.05 bits per heavy atom. The van der Waals surface area contributed by atoms with Gasteiger partial charge in [0.1, 0.15) is 5.82 Å². The summed E-state index contributed by atoms with van der Waals surface area (Å²) in [7, 11) is 0. The highest BCUT2D eigenvalue weighted by atomic mass is 79.9. The number of benzene rings is 1. The minimum absolute atomic E-state index is 0.0764. The van der Waals surface area contributed by atoms with Crippen LogP contribution in [-0.4, -0.2) is 22.5 Å². The van der Waals surface area contributed by atoms with Gasteiger partial charge in [0.2, 0.25) is 0 Å². The van der Waals surface area contributed by atoms with Crippen molar-refractivity contribution in [1.29, 1.82) is 0 Å². The zero-order chi connectivity index (χ0) is 15.0. The molecule has 1 amide bonds. The van der Waals surface area contributed by atoms with Gasteiger partial charge in [-0.25, -0.2) is 4.39 Å². The summed E-state index contributed by atoms with van der Waals surface area (Å²) in [6.07, 6.45) is 1.67. The van der Waals surface area contributed by atoms with E-state index in [0.29, 0.717) is 16.8 Å². The van der Waals surface area contributed by atoms with Crippen molar-refractivity contribution in [2.75, 3.05) is 6.54 Å². The van der Waals surface area contributed by atoms with E-state index < -0.39 is 5.82 Å². The third kappa shape index (κ3) is 2.60. The van der Waals surface area contributed by atoms with Gasteiger partial charge in [-0.2, -0.15) is 0 Å². The Balaban J connectivity index is 1.91. The normalized spacial score (nSPS) is 18.2. The summed E-state index contributed by atoms with van der Waals surface area (Å²) >= 11 is 3.11. The van der Waals surface area contributed by atoms with E-state index in [-0.39, 0.29) is 17.5 Å². The van der Waals surface area contributed by atoms with Crippen molar-refractivity contribution >= 4 is 21.8 Å². The van der Waals surface area contributed by atoms with Gasteiger partial charge in [-0.3, -0.25) is 4.79 Å². The molecule has 2 aromatic rings. The minimum Gasteiger partial charge on any atom is -0.359 e. The maximum absolute atomic E-state index is 14.1. The fourth-order valence-corrected chi connectivity index (χ4v) is 3.04. The quantitative estimate of drug-likeness (QED) is 0.824. The first-order valence-electron chi connectivity index (χ1n) is 6.76. The van der Waals surface area contributed by atoms with Crippen LogP contribution in [-0.2, 0) is 0 Å². The first-order chi connectivity index (χ1) is 10.1. The van der Waals surface area contributed by atoms with E-state index in [4.69, 9.17) is 4.52 Å². The minimum atomic E-state index is -0.526. The van der Waals surface area contributed by atoms with Crippen LogP contribution in [0.25, 0.3) is 0 Å². The second kappa shape index (κ2) is 5.60. The van der Waals surface area contributed by atoms with Gasteiger partial charge < -0.3 is 9.42 Å². The Labute approximate surface area is 130 Å². The predicted molar refractivity (Wildman–Crippen MR) is 78.4 cm³/mol. The lowest BCUT2D eigenvalue weighted by molar-refractivity contribution is 0.0709. The standard InChI is InChI=1S/C15H14BrFN2O2/c1-9-8-13(21-18-9)12-6-3-7-19(12)15(20)10-4-2-5-11(16)14(10)17/h2,4-5,8,12H,3,6-7H2,1H3. The van der Waals surface area contributed by atoms with Crippen molar-refractivity contribution < 1.29 is 13.7 Å². The molecule has 1 fully saturated rings. The van der Waals surface area contributed by atoms with E-state index in [1.165, 1.54) is 6.07 Å². The van der Waals surface area contributed by atoms with E-state index in [1.807, 2.05) is 13.0 Å². The molecule has 1 saturated heterocycles. The summed E-state index contributed by atoms with van der Waals surface area (Å²) < 4.78 is 19.7. The Morgan fingerprint density at radius 2 is 2.33 bits per heavy atom. The molecule has 3 rings (SSSR count). The summed E-state index contributed by atoms with van der Waals surface area (Å²) in [5, 5.41) is 3.86. The van der Waals surface area contributed by atoms with Crippen LogP contribution in [0.15, 0.2) is 33.3 Å². The highest BCUT2D eigenvalue weighted by Gasteiger charge is 2.34. The molecule has 0 saturated carbocycles. The molecule has 110 valence electrons. The van der Waals surface area contributed by atoms with E-state index in [2.05, 4.69) is 21.1 Å². The Hall–Kier alpha value is -1.69. The fourth-order valence-electron chi connectivity index (χ4n) is 2.67. The number of carbonyl (C=O) groups excluding carboxylic acids is 1. The summed E-state index contributed by atoms with van der Waals surface area (Å²) in [6, 6.07) is 6.39. The van der Waals surface area contributed by atoms with Crippen molar-refractivity contribution in [3.05, 3.63) is 51.6 Å². The molecule has 0 spiro atoms. The first kappa shape index (κ1) is 14.3. The van der Waals surface area contributed by atoms with Crippen molar-refractivity contribution in [2.45, 2.75) is 25.8 Å². The molecule has 6 heteroatoms. The van der Waals surface area contributed by atoms with Crippen LogP contribution in [0.1, 0.15) is 40.7 Å². The summed E-state index contributed by atoms with van der Waals surface area (Å²) in [5.41, 5.74) is 0.852. The first-order valence-corrected chi connectivity index (χ1v) is 7.55. The average Bonchev–Trinajstić information content (AvgIpc) is 3.09. The summed E-state index contributed by atoms with van der Waals surface area (Å²) in [5.74, 6) is -0.180. The lowest BCUT2D eigenvalue weighted by Gasteiger charge is -2.23. The van der Waals surface area contributed by atoms with Gasteiger partial charge in [0.25, 0.3) is 5.91 Å². The summed E-state index contributed by atoms with van der Waals surface area (Å²) in [6.45, 7) is 2.43. The average molecular weight is 353 g/mol. The van der Waals surface area contributed by atoms with E-state index in [1.54, 1.807) is 17.0 Å². The molecular formula is C15H14BrFN2O2. The van der Waals surface area contributed by atoms with Crippen LogP contribution in [0.3, 0.4) is 0 Å². The smallest absolute Gasteiger partial charge is 0.257 e. The van der Waals surface area contributed by atoms with Crippen molar-refractivity contribution in [3.63, 3.8) is 0 Å². The molecule has 1 unspecified atom stereocenters. The lowest BCUT2D eigenvalue weighted by atomic mass is 10.1. The van der Waals surface area contributed by atoms with Crippen molar-refractivity contribution in [2.24, 2.45) is 0 Å². The molecule has 0 radical (unpaired) electrons. The Kier molecular flexibility index (Phi) is 3.80. The second-order valence-electron chi connectivity index (χ2n) is 5.13. The van der Waals surface area contributed by atoms with Gasteiger partial charge in [0.15, 0.2) is 5.76 Å².